The third-order valence-corrected chi connectivity index (χ3v) is 3.91. The zero-order valence-corrected chi connectivity index (χ0v) is 13.7. The van der Waals surface area contributed by atoms with Crippen molar-refractivity contribution in [2.24, 2.45) is 0 Å². The van der Waals surface area contributed by atoms with Crippen LogP contribution in [0.15, 0.2) is 45.9 Å². The first-order chi connectivity index (χ1) is 11.7. The van der Waals surface area contributed by atoms with Crippen molar-refractivity contribution in [3.63, 3.8) is 0 Å². The summed E-state index contributed by atoms with van der Waals surface area (Å²) in [6, 6.07) is 5.70. The van der Waals surface area contributed by atoms with Gasteiger partial charge in [-0.25, -0.2) is 9.37 Å². The normalized spacial score (nSPS) is 11.7. The SMILES string of the molecule is Nc1cc(-n2cnc3cc(Br)c(F)cc3c2=O)ccc1OC(F)(F)F. The Morgan fingerprint density at radius 1 is 1.20 bits per heavy atom. The third kappa shape index (κ3) is 3.43. The highest BCUT2D eigenvalue weighted by Gasteiger charge is 2.32. The van der Waals surface area contributed by atoms with E-state index in [4.69, 9.17) is 5.73 Å². The molecule has 0 atom stereocenters. The standard InChI is InChI=1S/C15H8BrF4N3O2/c16-9-5-12-8(4-10(9)17)14(24)23(6-22-12)7-1-2-13(11(21)3-7)25-15(18,19)20/h1-6H,21H2. The van der Waals surface area contributed by atoms with E-state index in [1.807, 2.05) is 0 Å². The first-order valence-electron chi connectivity index (χ1n) is 6.68. The average molecular weight is 418 g/mol. The van der Waals surface area contributed by atoms with Gasteiger partial charge in [-0.3, -0.25) is 9.36 Å². The molecule has 130 valence electrons. The van der Waals surface area contributed by atoms with Crippen LogP contribution in [0.5, 0.6) is 5.75 Å². The van der Waals surface area contributed by atoms with E-state index in [0.29, 0.717) is 0 Å². The molecule has 3 rings (SSSR count). The van der Waals surface area contributed by atoms with Gasteiger partial charge in [0.2, 0.25) is 0 Å². The fourth-order valence-corrected chi connectivity index (χ4v) is 2.54. The molecule has 1 heterocycles. The van der Waals surface area contributed by atoms with Crippen molar-refractivity contribution in [1.29, 1.82) is 0 Å². The van der Waals surface area contributed by atoms with Crippen molar-refractivity contribution in [2.75, 3.05) is 5.73 Å². The van der Waals surface area contributed by atoms with Crippen LogP contribution in [-0.4, -0.2) is 15.9 Å². The predicted molar refractivity (Wildman–Crippen MR) is 86.1 cm³/mol. The second-order valence-corrected chi connectivity index (χ2v) is 5.83. The molecule has 0 spiro atoms. The van der Waals surface area contributed by atoms with Gasteiger partial charge in [-0.15, -0.1) is 13.2 Å². The number of benzene rings is 2. The summed E-state index contributed by atoms with van der Waals surface area (Å²) in [5, 5.41) is 0.0115. The number of nitrogens with two attached hydrogens (primary N) is 1. The number of rotatable bonds is 2. The van der Waals surface area contributed by atoms with E-state index in [1.54, 1.807) is 0 Å². The highest BCUT2D eigenvalue weighted by atomic mass is 79.9. The molecule has 0 aliphatic rings. The number of anilines is 1. The van der Waals surface area contributed by atoms with Crippen molar-refractivity contribution in [1.82, 2.24) is 9.55 Å². The molecule has 0 aliphatic carbocycles. The Bertz CT molecular complexity index is 1030. The topological polar surface area (TPSA) is 70.1 Å². The molecular formula is C15H8BrF4N3O2. The maximum absolute atomic E-state index is 13.7. The quantitative estimate of drug-likeness (QED) is 0.508. The highest BCUT2D eigenvalue weighted by Crippen LogP contribution is 2.30. The molecular weight excluding hydrogens is 410 g/mol. The number of ether oxygens (including phenoxy) is 1. The molecule has 1 aromatic heterocycles. The Hall–Kier alpha value is -2.62. The van der Waals surface area contributed by atoms with E-state index in [9.17, 15) is 22.4 Å². The zero-order valence-electron chi connectivity index (χ0n) is 12.1. The molecule has 0 saturated carbocycles. The molecule has 0 saturated heterocycles. The van der Waals surface area contributed by atoms with Crippen molar-refractivity contribution in [3.8, 4) is 11.4 Å². The molecule has 5 nitrogen and oxygen atoms in total. The first-order valence-corrected chi connectivity index (χ1v) is 7.47. The molecule has 10 heteroatoms. The second-order valence-electron chi connectivity index (χ2n) is 4.97. The van der Waals surface area contributed by atoms with Crippen molar-refractivity contribution < 1.29 is 22.3 Å². The molecule has 0 fully saturated rings. The van der Waals surface area contributed by atoms with Crippen LogP contribution in [0.4, 0.5) is 23.2 Å². The van der Waals surface area contributed by atoms with Gasteiger partial charge in [0.1, 0.15) is 12.1 Å². The number of hydrogen-bond acceptors (Lipinski definition) is 4. The summed E-state index contributed by atoms with van der Waals surface area (Å²) in [6.45, 7) is 0. The van der Waals surface area contributed by atoms with Crippen molar-refractivity contribution in [2.45, 2.75) is 6.36 Å². The molecule has 2 aromatic carbocycles. The fraction of sp³-hybridized carbons (Fsp3) is 0.0667. The van der Waals surface area contributed by atoms with E-state index in [-0.39, 0.29) is 26.8 Å². The Balaban J connectivity index is 2.11. The van der Waals surface area contributed by atoms with E-state index in [2.05, 4.69) is 25.7 Å². The van der Waals surface area contributed by atoms with Crippen LogP contribution in [0.1, 0.15) is 0 Å². The maximum atomic E-state index is 13.7. The molecule has 0 amide bonds. The molecule has 3 aromatic rings. The molecule has 0 bridgehead atoms. The van der Waals surface area contributed by atoms with Gasteiger partial charge in [0.25, 0.3) is 5.56 Å². The third-order valence-electron chi connectivity index (χ3n) is 3.30. The summed E-state index contributed by atoms with van der Waals surface area (Å²) < 4.78 is 55.5. The fourth-order valence-electron chi connectivity index (χ4n) is 2.20. The predicted octanol–water partition coefficient (Wildman–Crippen LogP) is 3.77. The van der Waals surface area contributed by atoms with Crippen LogP contribution in [-0.2, 0) is 0 Å². The second kappa shape index (κ2) is 6.03. The molecule has 25 heavy (non-hydrogen) atoms. The minimum absolute atomic E-state index is 0.0115. The lowest BCUT2D eigenvalue weighted by Crippen LogP contribution is -2.20. The Labute approximate surface area is 145 Å². The summed E-state index contributed by atoms with van der Waals surface area (Å²) in [7, 11) is 0. The monoisotopic (exact) mass is 417 g/mol. The van der Waals surface area contributed by atoms with Crippen LogP contribution in [0, 0.1) is 5.82 Å². The van der Waals surface area contributed by atoms with E-state index < -0.39 is 23.5 Å². The minimum atomic E-state index is -4.89. The summed E-state index contributed by atoms with van der Waals surface area (Å²) in [5.74, 6) is -1.23. The number of halogens is 5. The lowest BCUT2D eigenvalue weighted by atomic mass is 10.2. The number of nitrogen functional groups attached to an aromatic ring is 1. The Morgan fingerprint density at radius 3 is 2.56 bits per heavy atom. The lowest BCUT2D eigenvalue weighted by Gasteiger charge is -2.13. The first kappa shape index (κ1) is 17.2. The summed E-state index contributed by atoms with van der Waals surface area (Å²) in [6.07, 6.45) is -3.71. The van der Waals surface area contributed by atoms with Crippen molar-refractivity contribution >= 4 is 32.5 Å². The lowest BCUT2D eigenvalue weighted by molar-refractivity contribution is -0.274. The van der Waals surface area contributed by atoms with E-state index in [1.165, 1.54) is 18.5 Å². The van der Waals surface area contributed by atoms with Gasteiger partial charge in [0, 0.05) is 0 Å². The largest absolute Gasteiger partial charge is 0.573 e. The molecule has 0 unspecified atom stereocenters. The molecule has 0 radical (unpaired) electrons. The van der Waals surface area contributed by atoms with Crippen LogP contribution in [0.25, 0.3) is 16.6 Å². The summed E-state index contributed by atoms with van der Waals surface area (Å²) in [5.41, 5.74) is 5.06. The number of alkyl halides is 3. The average Bonchev–Trinajstić information content (AvgIpc) is 2.51. The van der Waals surface area contributed by atoms with Gasteiger partial charge in [-0.2, -0.15) is 0 Å². The number of nitrogens with zero attached hydrogens (tertiary/aromatic N) is 2. The van der Waals surface area contributed by atoms with Crippen LogP contribution < -0.4 is 16.0 Å². The van der Waals surface area contributed by atoms with Gasteiger partial charge in [-0.05, 0) is 46.3 Å². The van der Waals surface area contributed by atoms with E-state index >= 15 is 0 Å². The smallest absolute Gasteiger partial charge is 0.404 e. The van der Waals surface area contributed by atoms with Crippen LogP contribution in [0.3, 0.4) is 0 Å². The highest BCUT2D eigenvalue weighted by molar-refractivity contribution is 9.10. The molecule has 0 aliphatic heterocycles. The number of fused-ring (bicyclic) bond motifs is 1. The van der Waals surface area contributed by atoms with Gasteiger partial charge < -0.3 is 10.5 Å². The van der Waals surface area contributed by atoms with Gasteiger partial charge in [0.15, 0.2) is 5.75 Å². The zero-order chi connectivity index (χ0) is 18.4. The van der Waals surface area contributed by atoms with Crippen molar-refractivity contribution in [3.05, 3.63) is 57.3 Å². The minimum Gasteiger partial charge on any atom is -0.404 e. The van der Waals surface area contributed by atoms with Gasteiger partial charge in [-0.1, -0.05) is 0 Å². The van der Waals surface area contributed by atoms with Crippen LogP contribution >= 0.6 is 15.9 Å². The number of hydrogen-bond donors (Lipinski definition) is 1. The van der Waals surface area contributed by atoms with E-state index in [0.717, 1.165) is 22.8 Å². The molecule has 2 N–H and O–H groups in total. The van der Waals surface area contributed by atoms with Gasteiger partial charge >= 0.3 is 6.36 Å². The number of aromatic nitrogens is 2. The Morgan fingerprint density at radius 2 is 1.92 bits per heavy atom. The summed E-state index contributed by atoms with van der Waals surface area (Å²) in [4.78, 5) is 16.6. The van der Waals surface area contributed by atoms with Gasteiger partial charge in [0.05, 0.1) is 26.8 Å². The maximum Gasteiger partial charge on any atom is 0.573 e. The summed E-state index contributed by atoms with van der Waals surface area (Å²) >= 11 is 3.00. The Kier molecular flexibility index (Phi) is 4.15. The van der Waals surface area contributed by atoms with Crippen LogP contribution in [0.2, 0.25) is 0 Å².